The number of alkyl halides is 2. The fraction of sp³-hybridized carbons (Fsp3) is 0.611. The van der Waals surface area contributed by atoms with Crippen LogP contribution in [0.4, 0.5) is 8.78 Å². The second-order valence-electron chi connectivity index (χ2n) is 6.75. The fourth-order valence-electron chi connectivity index (χ4n) is 3.53. The van der Waals surface area contributed by atoms with Crippen LogP contribution in [0.2, 0.25) is 0 Å². The minimum absolute atomic E-state index is 0.0641. The third kappa shape index (κ3) is 5.64. The maximum Gasteiger partial charge on any atom is 0.387 e. The van der Waals surface area contributed by atoms with E-state index in [4.69, 9.17) is 5.11 Å². The SMILES string of the molecule is Cc1cc(CN2CCC(N(C)CC(=O)O)CC2)cc(C)c1OC(F)F. The minimum Gasteiger partial charge on any atom is -0.480 e. The van der Waals surface area contributed by atoms with Crippen molar-refractivity contribution in [3.05, 3.63) is 28.8 Å². The summed E-state index contributed by atoms with van der Waals surface area (Å²) in [5.74, 6) is -0.547. The van der Waals surface area contributed by atoms with Gasteiger partial charge in [0.2, 0.25) is 0 Å². The first-order valence-corrected chi connectivity index (χ1v) is 8.45. The van der Waals surface area contributed by atoms with Crippen LogP contribution >= 0.6 is 0 Å². The standard InChI is InChI=1S/C18H26F2N2O3/c1-12-8-14(9-13(2)17(12)25-18(19)20)10-22-6-4-15(5-7-22)21(3)11-16(23)24/h8-9,15,18H,4-7,10-11H2,1-3H3,(H,23,24). The lowest BCUT2D eigenvalue weighted by Gasteiger charge is -2.36. The largest absolute Gasteiger partial charge is 0.480 e. The molecule has 7 heteroatoms. The average molecular weight is 356 g/mol. The Morgan fingerprint density at radius 3 is 2.36 bits per heavy atom. The Bertz CT molecular complexity index is 579. The van der Waals surface area contributed by atoms with Crippen LogP contribution in [-0.4, -0.2) is 60.2 Å². The monoisotopic (exact) mass is 356 g/mol. The van der Waals surface area contributed by atoms with Gasteiger partial charge in [-0.2, -0.15) is 8.78 Å². The highest BCUT2D eigenvalue weighted by atomic mass is 19.3. The Hall–Kier alpha value is -1.73. The number of hydrogen-bond donors (Lipinski definition) is 1. The molecule has 0 amide bonds. The Labute approximate surface area is 147 Å². The second-order valence-corrected chi connectivity index (χ2v) is 6.75. The molecule has 0 bridgehead atoms. The summed E-state index contributed by atoms with van der Waals surface area (Å²) in [6.45, 7) is 3.35. The van der Waals surface area contributed by atoms with Crippen LogP contribution < -0.4 is 4.74 Å². The zero-order valence-electron chi connectivity index (χ0n) is 15.0. The number of carboxylic acid groups (broad SMARTS) is 1. The van der Waals surface area contributed by atoms with E-state index in [1.807, 2.05) is 24.1 Å². The van der Waals surface area contributed by atoms with Gasteiger partial charge in [-0.1, -0.05) is 12.1 Å². The van der Waals surface area contributed by atoms with Crippen LogP contribution in [0.3, 0.4) is 0 Å². The Kier molecular flexibility index (Phi) is 6.72. The molecule has 0 aromatic heterocycles. The molecule has 5 nitrogen and oxygen atoms in total. The number of nitrogens with zero attached hydrogens (tertiary/aromatic N) is 2. The number of aliphatic carboxylic acids is 1. The first-order valence-electron chi connectivity index (χ1n) is 8.45. The van der Waals surface area contributed by atoms with Gasteiger partial charge in [0.25, 0.3) is 0 Å². The van der Waals surface area contributed by atoms with E-state index in [1.54, 1.807) is 13.8 Å². The first kappa shape index (κ1) is 19.6. The topological polar surface area (TPSA) is 53.0 Å². The smallest absolute Gasteiger partial charge is 0.387 e. The van der Waals surface area contributed by atoms with Gasteiger partial charge in [-0.05, 0) is 63.5 Å². The number of hydrogen-bond acceptors (Lipinski definition) is 4. The second kappa shape index (κ2) is 8.58. The van der Waals surface area contributed by atoms with Gasteiger partial charge in [-0.15, -0.1) is 0 Å². The molecule has 140 valence electrons. The van der Waals surface area contributed by atoms with Gasteiger partial charge in [0.05, 0.1) is 6.54 Å². The zero-order chi connectivity index (χ0) is 18.6. The highest BCUT2D eigenvalue weighted by Crippen LogP contribution is 2.27. The predicted molar refractivity (Wildman–Crippen MR) is 91.1 cm³/mol. The van der Waals surface area contributed by atoms with Crippen molar-refractivity contribution in [2.75, 3.05) is 26.7 Å². The summed E-state index contributed by atoms with van der Waals surface area (Å²) < 4.78 is 29.5. The number of rotatable bonds is 7. The number of piperidine rings is 1. The van der Waals surface area contributed by atoms with Crippen molar-refractivity contribution in [2.24, 2.45) is 0 Å². The van der Waals surface area contributed by atoms with E-state index in [-0.39, 0.29) is 18.3 Å². The van der Waals surface area contributed by atoms with Crippen LogP contribution in [-0.2, 0) is 11.3 Å². The van der Waals surface area contributed by atoms with Crippen molar-refractivity contribution in [3.63, 3.8) is 0 Å². The van der Waals surface area contributed by atoms with E-state index in [9.17, 15) is 13.6 Å². The summed E-state index contributed by atoms with van der Waals surface area (Å²) in [7, 11) is 1.85. The molecule has 1 fully saturated rings. The molecule has 0 atom stereocenters. The Morgan fingerprint density at radius 2 is 1.88 bits per heavy atom. The molecule has 0 unspecified atom stereocenters. The van der Waals surface area contributed by atoms with Crippen LogP contribution in [0.1, 0.15) is 29.5 Å². The maximum absolute atomic E-state index is 12.5. The molecule has 1 aliphatic rings. The van der Waals surface area contributed by atoms with Gasteiger partial charge >= 0.3 is 12.6 Å². The Morgan fingerprint density at radius 1 is 1.32 bits per heavy atom. The number of likely N-dealkylation sites (tertiary alicyclic amines) is 1. The first-order chi connectivity index (χ1) is 11.8. The molecule has 0 saturated carbocycles. The molecule has 0 aliphatic carbocycles. The fourth-order valence-corrected chi connectivity index (χ4v) is 3.53. The average Bonchev–Trinajstić information content (AvgIpc) is 2.51. The molecule has 0 spiro atoms. The lowest BCUT2D eigenvalue weighted by atomic mass is 10.0. The maximum atomic E-state index is 12.5. The van der Waals surface area contributed by atoms with Crippen LogP contribution in [0, 0.1) is 13.8 Å². The quantitative estimate of drug-likeness (QED) is 0.814. The minimum atomic E-state index is -2.81. The molecular formula is C18H26F2N2O3. The number of benzene rings is 1. The molecule has 1 aliphatic heterocycles. The van der Waals surface area contributed by atoms with Gasteiger partial charge < -0.3 is 9.84 Å². The molecule has 0 radical (unpaired) electrons. The number of halogens is 2. The molecule has 1 heterocycles. The summed E-state index contributed by atoms with van der Waals surface area (Å²) >= 11 is 0. The van der Waals surface area contributed by atoms with Crippen molar-refractivity contribution in [1.82, 2.24) is 9.80 Å². The predicted octanol–water partition coefficient (Wildman–Crippen LogP) is 2.89. The van der Waals surface area contributed by atoms with E-state index in [0.717, 1.165) is 38.0 Å². The number of aryl methyl sites for hydroxylation is 2. The summed E-state index contributed by atoms with van der Waals surface area (Å²) in [5.41, 5.74) is 2.51. The van der Waals surface area contributed by atoms with Crippen LogP contribution in [0.15, 0.2) is 12.1 Å². The van der Waals surface area contributed by atoms with Gasteiger partial charge in [0.1, 0.15) is 5.75 Å². The van der Waals surface area contributed by atoms with Crippen molar-refractivity contribution in [1.29, 1.82) is 0 Å². The van der Waals surface area contributed by atoms with Crippen molar-refractivity contribution < 1.29 is 23.4 Å². The number of carboxylic acids is 1. The number of ether oxygens (including phenoxy) is 1. The lowest BCUT2D eigenvalue weighted by molar-refractivity contribution is -0.138. The van der Waals surface area contributed by atoms with E-state index < -0.39 is 12.6 Å². The van der Waals surface area contributed by atoms with E-state index >= 15 is 0 Å². The van der Waals surface area contributed by atoms with E-state index in [2.05, 4.69) is 9.64 Å². The summed E-state index contributed by atoms with van der Waals surface area (Å²) in [5, 5.41) is 8.88. The van der Waals surface area contributed by atoms with Crippen LogP contribution in [0.5, 0.6) is 5.75 Å². The number of likely N-dealkylation sites (N-methyl/N-ethyl adjacent to an activating group) is 1. The molecule has 1 aromatic carbocycles. The van der Waals surface area contributed by atoms with E-state index in [0.29, 0.717) is 11.1 Å². The van der Waals surface area contributed by atoms with Gasteiger partial charge in [-0.25, -0.2) is 0 Å². The third-order valence-electron chi connectivity index (χ3n) is 4.70. The number of carbonyl (C=O) groups is 1. The van der Waals surface area contributed by atoms with Gasteiger partial charge in [-0.3, -0.25) is 14.6 Å². The lowest BCUT2D eigenvalue weighted by Crippen LogP contribution is -2.44. The van der Waals surface area contributed by atoms with Gasteiger partial charge in [0, 0.05) is 12.6 Å². The molecule has 25 heavy (non-hydrogen) atoms. The van der Waals surface area contributed by atoms with Crippen molar-refractivity contribution in [3.8, 4) is 5.75 Å². The normalized spacial score (nSPS) is 16.6. The van der Waals surface area contributed by atoms with E-state index in [1.165, 1.54) is 0 Å². The van der Waals surface area contributed by atoms with Crippen molar-refractivity contribution in [2.45, 2.75) is 45.9 Å². The summed E-state index contributed by atoms with van der Waals surface area (Å²) in [6, 6.07) is 4.08. The van der Waals surface area contributed by atoms with Gasteiger partial charge in [0.15, 0.2) is 0 Å². The Balaban J connectivity index is 1.92. The molecule has 1 saturated heterocycles. The highest BCUT2D eigenvalue weighted by Gasteiger charge is 2.23. The molecule has 1 aromatic rings. The third-order valence-corrected chi connectivity index (χ3v) is 4.70. The molecule has 1 N–H and O–H groups in total. The molecular weight excluding hydrogens is 330 g/mol. The van der Waals surface area contributed by atoms with Crippen molar-refractivity contribution >= 4 is 5.97 Å². The summed E-state index contributed by atoms with van der Waals surface area (Å²) in [4.78, 5) is 15.0. The zero-order valence-corrected chi connectivity index (χ0v) is 15.0. The van der Waals surface area contributed by atoms with Crippen LogP contribution in [0.25, 0.3) is 0 Å². The summed E-state index contributed by atoms with van der Waals surface area (Å²) in [6.07, 6.45) is 1.85. The highest BCUT2D eigenvalue weighted by molar-refractivity contribution is 5.69. The molecule has 2 rings (SSSR count).